The van der Waals surface area contributed by atoms with Crippen LogP contribution in [0.3, 0.4) is 0 Å². The summed E-state index contributed by atoms with van der Waals surface area (Å²) in [6.45, 7) is 0. The number of ether oxygens (including phenoxy) is 1. The van der Waals surface area contributed by atoms with E-state index in [2.05, 4.69) is 20.7 Å². The first-order valence-corrected chi connectivity index (χ1v) is 6.94. The molecule has 1 aromatic heterocycles. The maximum Gasteiger partial charge on any atom is 0.350 e. The average Bonchev–Trinajstić information content (AvgIpc) is 2.70. The van der Waals surface area contributed by atoms with Crippen molar-refractivity contribution in [2.75, 3.05) is 12.8 Å². The maximum atomic E-state index is 11.5. The number of carbonyl (C=O) groups is 1. The number of methoxy groups -OCH3 is 1. The monoisotopic (exact) mass is 345 g/mol. The van der Waals surface area contributed by atoms with Gasteiger partial charge < -0.3 is 10.5 Å². The number of hydrogen-bond acceptors (Lipinski definition) is 4. The Labute approximate surface area is 122 Å². The molecule has 0 atom stereocenters. The number of halogens is 2. The Morgan fingerprint density at radius 3 is 2.78 bits per heavy atom. The molecule has 0 aliphatic rings. The summed E-state index contributed by atoms with van der Waals surface area (Å²) in [5, 5.41) is 0.642. The molecule has 0 saturated heterocycles. The van der Waals surface area contributed by atoms with Crippen molar-refractivity contribution in [1.29, 1.82) is 0 Å². The third-order valence-corrected chi connectivity index (χ3v) is 4.38. The van der Waals surface area contributed by atoms with E-state index in [9.17, 15) is 4.79 Å². The summed E-state index contributed by atoms with van der Waals surface area (Å²) >= 11 is 10.6. The van der Waals surface area contributed by atoms with E-state index >= 15 is 0 Å². The number of anilines is 1. The zero-order valence-electron chi connectivity index (χ0n) is 9.37. The maximum absolute atomic E-state index is 11.5. The first kappa shape index (κ1) is 13.4. The number of nitrogen functional groups attached to an aromatic ring is 1. The highest BCUT2D eigenvalue weighted by Gasteiger charge is 2.16. The van der Waals surface area contributed by atoms with E-state index in [-0.39, 0.29) is 0 Å². The minimum absolute atomic E-state index is 0.411. The van der Waals surface area contributed by atoms with Crippen molar-refractivity contribution in [3.05, 3.63) is 38.6 Å². The number of carbonyl (C=O) groups excluding carboxylic acids is 1. The molecule has 6 heteroatoms. The summed E-state index contributed by atoms with van der Waals surface area (Å²) in [7, 11) is 1.33. The Hall–Kier alpha value is -1.04. The van der Waals surface area contributed by atoms with Gasteiger partial charge >= 0.3 is 5.97 Å². The summed E-state index contributed by atoms with van der Waals surface area (Å²) in [4.78, 5) is 12.8. The van der Waals surface area contributed by atoms with Crippen LogP contribution >= 0.6 is 38.9 Å². The van der Waals surface area contributed by atoms with Crippen molar-refractivity contribution in [3.63, 3.8) is 0 Å². The van der Waals surface area contributed by atoms with Gasteiger partial charge in [0.15, 0.2) is 0 Å². The molecular formula is C12H9BrClNO2S. The van der Waals surface area contributed by atoms with Crippen molar-refractivity contribution < 1.29 is 9.53 Å². The van der Waals surface area contributed by atoms with Crippen LogP contribution in [-0.2, 0) is 4.74 Å². The van der Waals surface area contributed by atoms with E-state index in [1.165, 1.54) is 18.4 Å². The Morgan fingerprint density at radius 2 is 2.17 bits per heavy atom. The lowest BCUT2D eigenvalue weighted by molar-refractivity contribution is 0.0607. The zero-order chi connectivity index (χ0) is 13.3. The van der Waals surface area contributed by atoms with Crippen LogP contribution in [0, 0.1) is 0 Å². The molecule has 0 aliphatic heterocycles. The molecule has 3 nitrogen and oxygen atoms in total. The minimum Gasteiger partial charge on any atom is -0.465 e. The van der Waals surface area contributed by atoms with Gasteiger partial charge in [-0.2, -0.15) is 0 Å². The third-order valence-electron chi connectivity index (χ3n) is 2.33. The molecular weight excluding hydrogens is 338 g/mol. The molecule has 0 amide bonds. The zero-order valence-corrected chi connectivity index (χ0v) is 12.5. The summed E-state index contributed by atoms with van der Waals surface area (Å²) in [6.07, 6.45) is 0. The van der Waals surface area contributed by atoms with Crippen LogP contribution in [0.1, 0.15) is 9.67 Å². The lowest BCUT2D eigenvalue weighted by Crippen LogP contribution is -2.00. The molecule has 94 valence electrons. The molecule has 2 rings (SSSR count). The van der Waals surface area contributed by atoms with E-state index in [4.69, 9.17) is 17.3 Å². The predicted octanol–water partition coefficient (Wildman–Crippen LogP) is 4.20. The van der Waals surface area contributed by atoms with Gasteiger partial charge in [0, 0.05) is 19.9 Å². The highest BCUT2D eigenvalue weighted by atomic mass is 79.9. The molecule has 0 saturated carbocycles. The standard InChI is InChI=1S/C12H9BrClNO2S/c1-17-12(16)11-9(15)5-10(18-11)7-3-2-6(14)4-8(7)13/h2-5H,15H2,1H3. The molecule has 0 aliphatic carbocycles. The van der Waals surface area contributed by atoms with Crippen LogP contribution in [0.2, 0.25) is 5.02 Å². The van der Waals surface area contributed by atoms with Crippen LogP contribution in [0.25, 0.3) is 10.4 Å². The fraction of sp³-hybridized carbons (Fsp3) is 0.0833. The largest absolute Gasteiger partial charge is 0.465 e. The molecule has 2 aromatic rings. The topological polar surface area (TPSA) is 52.3 Å². The van der Waals surface area contributed by atoms with Gasteiger partial charge in [0.25, 0.3) is 0 Å². The SMILES string of the molecule is COC(=O)c1sc(-c2ccc(Cl)cc2Br)cc1N. The Morgan fingerprint density at radius 1 is 1.44 bits per heavy atom. The van der Waals surface area contributed by atoms with Gasteiger partial charge in [-0.05, 0) is 18.2 Å². The van der Waals surface area contributed by atoms with E-state index in [0.717, 1.165) is 14.9 Å². The molecule has 18 heavy (non-hydrogen) atoms. The van der Waals surface area contributed by atoms with Gasteiger partial charge in [0.1, 0.15) is 4.88 Å². The summed E-state index contributed by atoms with van der Waals surface area (Å²) in [6, 6.07) is 7.21. The fourth-order valence-corrected chi connectivity index (χ4v) is 3.54. The fourth-order valence-electron chi connectivity index (χ4n) is 1.48. The number of nitrogens with two attached hydrogens (primary N) is 1. The first-order valence-electron chi connectivity index (χ1n) is 4.96. The van der Waals surface area contributed by atoms with Crippen molar-refractivity contribution >= 4 is 50.5 Å². The van der Waals surface area contributed by atoms with Gasteiger partial charge in [-0.1, -0.05) is 33.6 Å². The van der Waals surface area contributed by atoms with E-state index in [0.29, 0.717) is 15.6 Å². The molecule has 0 unspecified atom stereocenters. The summed E-state index contributed by atoms with van der Waals surface area (Å²) in [5.74, 6) is -0.422. The van der Waals surface area contributed by atoms with Gasteiger partial charge in [-0.25, -0.2) is 4.79 Å². The number of hydrogen-bond donors (Lipinski definition) is 1. The molecule has 0 spiro atoms. The number of thiophene rings is 1. The van der Waals surface area contributed by atoms with Crippen molar-refractivity contribution in [2.45, 2.75) is 0 Å². The highest BCUT2D eigenvalue weighted by Crippen LogP contribution is 2.38. The second-order valence-electron chi connectivity index (χ2n) is 3.51. The van der Waals surface area contributed by atoms with Crippen LogP contribution < -0.4 is 5.73 Å². The van der Waals surface area contributed by atoms with E-state index in [1.807, 2.05) is 6.07 Å². The summed E-state index contributed by atoms with van der Waals surface area (Å²) < 4.78 is 5.53. The Balaban J connectivity index is 2.49. The molecule has 0 radical (unpaired) electrons. The van der Waals surface area contributed by atoms with Crippen molar-refractivity contribution in [3.8, 4) is 10.4 Å². The van der Waals surface area contributed by atoms with Gasteiger partial charge in [0.2, 0.25) is 0 Å². The molecule has 0 bridgehead atoms. The van der Waals surface area contributed by atoms with Crippen LogP contribution in [0.15, 0.2) is 28.7 Å². The number of benzene rings is 1. The predicted molar refractivity (Wildman–Crippen MR) is 78.2 cm³/mol. The summed E-state index contributed by atoms with van der Waals surface area (Å²) in [5.41, 5.74) is 7.16. The molecule has 2 N–H and O–H groups in total. The second-order valence-corrected chi connectivity index (χ2v) is 5.85. The molecule has 0 fully saturated rings. The molecule has 1 aromatic carbocycles. The highest BCUT2D eigenvalue weighted by molar-refractivity contribution is 9.10. The lowest BCUT2D eigenvalue weighted by Gasteiger charge is -2.01. The van der Waals surface area contributed by atoms with Crippen LogP contribution in [0.5, 0.6) is 0 Å². The smallest absolute Gasteiger partial charge is 0.350 e. The van der Waals surface area contributed by atoms with Crippen molar-refractivity contribution in [2.24, 2.45) is 0 Å². The van der Waals surface area contributed by atoms with Crippen LogP contribution in [-0.4, -0.2) is 13.1 Å². The lowest BCUT2D eigenvalue weighted by atomic mass is 10.2. The van der Waals surface area contributed by atoms with Gasteiger partial charge in [-0.15, -0.1) is 11.3 Å². The first-order chi connectivity index (χ1) is 8.52. The number of rotatable bonds is 2. The third kappa shape index (κ3) is 2.53. The Kier molecular flexibility index (Phi) is 3.94. The normalized spacial score (nSPS) is 10.4. The average molecular weight is 347 g/mol. The van der Waals surface area contributed by atoms with E-state index < -0.39 is 5.97 Å². The minimum atomic E-state index is -0.422. The van der Waals surface area contributed by atoms with Crippen molar-refractivity contribution in [1.82, 2.24) is 0 Å². The van der Waals surface area contributed by atoms with E-state index in [1.54, 1.807) is 18.2 Å². The van der Waals surface area contributed by atoms with Gasteiger partial charge in [-0.3, -0.25) is 0 Å². The molecule has 1 heterocycles. The van der Waals surface area contributed by atoms with Crippen LogP contribution in [0.4, 0.5) is 5.69 Å². The number of esters is 1. The second kappa shape index (κ2) is 5.30. The Bertz CT molecular complexity index is 612. The quantitative estimate of drug-likeness (QED) is 0.829. The van der Waals surface area contributed by atoms with Gasteiger partial charge in [0.05, 0.1) is 12.8 Å².